The number of carbonyl (C=O) groups is 4. The number of hydrogen-bond acceptors (Lipinski definition) is 14. The number of rotatable bonds is 17. The third kappa shape index (κ3) is 15.0. The Labute approximate surface area is 296 Å². The van der Waals surface area contributed by atoms with Gasteiger partial charge in [-0.1, -0.05) is 24.3 Å². The molecule has 6 N–H and O–H groups in total. The van der Waals surface area contributed by atoms with Crippen LogP contribution in [0.1, 0.15) is 13.8 Å². The van der Waals surface area contributed by atoms with Crippen LogP contribution in [-0.2, 0) is 35.0 Å². The van der Waals surface area contributed by atoms with Crippen LogP contribution in [0, 0.1) is 0 Å². The Morgan fingerprint density at radius 2 is 1.17 bits per heavy atom. The lowest BCUT2D eigenvalue weighted by atomic mass is 10.3. The van der Waals surface area contributed by atoms with Gasteiger partial charge in [0.1, 0.15) is 11.8 Å². The van der Waals surface area contributed by atoms with Gasteiger partial charge in [-0.15, -0.1) is 0 Å². The van der Waals surface area contributed by atoms with E-state index in [1.165, 1.54) is 6.33 Å². The third-order valence-corrected chi connectivity index (χ3v) is 7.11. The lowest BCUT2D eigenvalue weighted by molar-refractivity contribution is -0.134. The second-order valence-electron chi connectivity index (χ2n) is 9.48. The number of aliphatic carboxylic acids is 4. The summed E-state index contributed by atoms with van der Waals surface area (Å²) >= 11 is 0. The Kier molecular flexibility index (Phi) is 17.3. The van der Waals surface area contributed by atoms with E-state index in [9.17, 15) is 23.7 Å². The van der Waals surface area contributed by atoms with Crippen molar-refractivity contribution in [1.82, 2.24) is 19.5 Å². The molecule has 0 aliphatic carbocycles. The van der Waals surface area contributed by atoms with Gasteiger partial charge < -0.3 is 54.0 Å². The van der Waals surface area contributed by atoms with E-state index in [1.54, 1.807) is 59.4 Å². The van der Waals surface area contributed by atoms with Crippen LogP contribution in [-0.4, -0.2) is 90.0 Å². The lowest BCUT2D eigenvalue weighted by Crippen LogP contribution is -2.12. The van der Waals surface area contributed by atoms with Crippen LogP contribution in [0.2, 0.25) is 0 Å². The number of carboxylic acid groups (broad SMARTS) is 4. The first kappa shape index (κ1) is 41.7. The van der Waals surface area contributed by atoms with Gasteiger partial charge in [0.05, 0.1) is 26.1 Å². The highest BCUT2D eigenvalue weighted by Gasteiger charge is 2.31. The summed E-state index contributed by atoms with van der Waals surface area (Å²) in [4.78, 5) is 50.6. The van der Waals surface area contributed by atoms with E-state index in [-0.39, 0.29) is 24.5 Å². The molecule has 4 rings (SSSR count). The van der Waals surface area contributed by atoms with E-state index in [2.05, 4.69) is 15.0 Å². The zero-order chi connectivity index (χ0) is 38.5. The number of anilines is 1. The number of ether oxygens (including phenoxy) is 3. The van der Waals surface area contributed by atoms with E-state index >= 15 is 0 Å². The molecule has 0 aliphatic rings. The SMILES string of the molecule is CCOc1ccccc1OP(=O)(COCCn1cnc2c(N)ncnc21)Oc1ccccc1OCC.O=C(O)/C=C/C(=O)O.O=C(O)/C=C/C(=O)O. The molecule has 19 nitrogen and oxygen atoms in total. The predicted octanol–water partition coefficient (Wildman–Crippen LogP) is 3.95. The number of hydrogen-bond donors (Lipinski definition) is 5. The first-order valence-electron chi connectivity index (χ1n) is 15.0. The first-order valence-corrected chi connectivity index (χ1v) is 16.7. The Bertz CT molecular complexity index is 1790. The van der Waals surface area contributed by atoms with E-state index in [0.29, 0.717) is 72.5 Å². The molecule has 0 saturated heterocycles. The smallest absolute Gasteiger partial charge is 0.456 e. The van der Waals surface area contributed by atoms with E-state index in [1.807, 2.05) is 13.8 Å². The highest BCUT2D eigenvalue weighted by atomic mass is 31.2. The van der Waals surface area contributed by atoms with Crippen LogP contribution in [0.25, 0.3) is 11.2 Å². The maximum Gasteiger partial charge on any atom is 0.456 e. The average Bonchev–Trinajstić information content (AvgIpc) is 3.52. The first-order chi connectivity index (χ1) is 24.8. The van der Waals surface area contributed by atoms with Crippen LogP contribution in [0.5, 0.6) is 23.0 Å². The fraction of sp³-hybridized carbons (Fsp3) is 0.219. The van der Waals surface area contributed by atoms with Gasteiger partial charge in [0.25, 0.3) is 0 Å². The molecule has 0 saturated carbocycles. The summed E-state index contributed by atoms with van der Waals surface area (Å²) in [6.07, 6.45) is 4.88. The van der Waals surface area contributed by atoms with Crippen LogP contribution >= 0.6 is 7.60 Å². The molecule has 0 spiro atoms. The second kappa shape index (κ2) is 21.6. The quantitative estimate of drug-likeness (QED) is 0.0581. The normalized spacial score (nSPS) is 10.8. The largest absolute Gasteiger partial charge is 0.490 e. The van der Waals surface area contributed by atoms with E-state index in [4.69, 9.17) is 49.4 Å². The topological polar surface area (TPSA) is 282 Å². The summed E-state index contributed by atoms with van der Waals surface area (Å²) in [6, 6.07) is 13.9. The number of fused-ring (bicyclic) bond motifs is 1. The summed E-state index contributed by atoms with van der Waals surface area (Å²) in [6.45, 7) is 5.12. The molecule has 0 unspecified atom stereocenters. The molecule has 2 aromatic carbocycles. The predicted molar refractivity (Wildman–Crippen MR) is 183 cm³/mol. The third-order valence-electron chi connectivity index (χ3n) is 5.67. The summed E-state index contributed by atoms with van der Waals surface area (Å²) in [5.74, 6) is -3.26. The van der Waals surface area contributed by atoms with Gasteiger partial charge in [0.15, 0.2) is 40.8 Å². The number of imidazole rings is 1. The number of benzene rings is 2. The van der Waals surface area contributed by atoms with Gasteiger partial charge in [0.2, 0.25) is 0 Å². The average molecular weight is 746 g/mol. The van der Waals surface area contributed by atoms with Crippen molar-refractivity contribution in [2.75, 3.05) is 31.9 Å². The molecule has 0 bridgehead atoms. The minimum absolute atomic E-state index is 0.187. The van der Waals surface area contributed by atoms with Crippen molar-refractivity contribution < 1.29 is 67.4 Å². The number of aromatic nitrogens is 4. The standard InChI is InChI=1S/C24H28N5O6P.2C4H4O4/c1-3-32-18-9-5-7-11-20(18)34-36(30,35-21-12-8-6-10-19(21)33-4-2)17-31-14-13-29-16-28-22-23(25)26-15-27-24(22)29;2*5-3(6)1-2-4(7)8/h5-12,15-16H,3-4,13-14,17H2,1-2H3,(H2,25,26,27);2*1-2H,(H,5,6)(H,7,8)/b;2*2-1+. The van der Waals surface area contributed by atoms with Gasteiger partial charge in [-0.2, -0.15) is 0 Å². The number of para-hydroxylation sites is 4. The summed E-state index contributed by atoms with van der Waals surface area (Å²) in [5, 5.41) is 31.2. The minimum Gasteiger partial charge on any atom is -0.490 e. The molecule has 278 valence electrons. The number of nitrogens with zero attached hydrogens (tertiary/aromatic N) is 4. The zero-order valence-corrected chi connectivity index (χ0v) is 28.7. The molecule has 0 amide bonds. The van der Waals surface area contributed by atoms with Crippen LogP contribution in [0.4, 0.5) is 5.82 Å². The Hall–Kier alpha value is -6.46. The van der Waals surface area contributed by atoms with Gasteiger partial charge >= 0.3 is 31.5 Å². The molecular weight excluding hydrogens is 709 g/mol. The van der Waals surface area contributed by atoms with E-state index < -0.39 is 31.5 Å². The van der Waals surface area contributed by atoms with E-state index in [0.717, 1.165) is 0 Å². The van der Waals surface area contributed by atoms with Gasteiger partial charge in [0, 0.05) is 30.8 Å². The van der Waals surface area contributed by atoms with Crippen LogP contribution < -0.4 is 24.3 Å². The Morgan fingerprint density at radius 3 is 1.60 bits per heavy atom. The zero-order valence-electron chi connectivity index (χ0n) is 27.8. The Morgan fingerprint density at radius 1 is 0.731 bits per heavy atom. The monoisotopic (exact) mass is 745 g/mol. The fourth-order valence-corrected chi connectivity index (χ4v) is 5.05. The second-order valence-corrected chi connectivity index (χ2v) is 11.3. The van der Waals surface area contributed by atoms with Crippen LogP contribution in [0.3, 0.4) is 0 Å². The molecule has 0 fully saturated rings. The van der Waals surface area contributed by atoms with Gasteiger partial charge in [-0.25, -0.2) is 38.7 Å². The van der Waals surface area contributed by atoms with Crippen molar-refractivity contribution in [3.05, 3.63) is 85.5 Å². The molecule has 20 heteroatoms. The Balaban J connectivity index is 0.000000487. The number of nitrogen functional groups attached to an aromatic ring is 1. The molecule has 0 atom stereocenters. The van der Waals surface area contributed by atoms with Crippen LogP contribution in [0.15, 0.2) is 85.5 Å². The molecule has 2 aromatic heterocycles. The molecule has 0 radical (unpaired) electrons. The maximum absolute atomic E-state index is 13.9. The summed E-state index contributed by atoms with van der Waals surface area (Å²) in [7, 11) is -3.88. The van der Waals surface area contributed by atoms with Gasteiger partial charge in [-0.3, -0.25) is 0 Å². The summed E-state index contributed by atoms with van der Waals surface area (Å²) in [5.41, 5.74) is 6.94. The van der Waals surface area contributed by atoms with Crippen molar-refractivity contribution in [1.29, 1.82) is 0 Å². The van der Waals surface area contributed by atoms with Crippen molar-refractivity contribution in [2.24, 2.45) is 0 Å². The van der Waals surface area contributed by atoms with Crippen molar-refractivity contribution >= 4 is 48.5 Å². The summed E-state index contributed by atoms with van der Waals surface area (Å²) < 4.78 is 44.6. The molecular formula is C32H36N5O14P. The molecule has 52 heavy (non-hydrogen) atoms. The number of nitrogens with two attached hydrogens (primary N) is 1. The lowest BCUT2D eigenvalue weighted by Gasteiger charge is -2.22. The maximum atomic E-state index is 13.9. The van der Waals surface area contributed by atoms with Crippen molar-refractivity contribution in [2.45, 2.75) is 20.4 Å². The minimum atomic E-state index is -3.88. The molecule has 4 aromatic rings. The number of carboxylic acids is 4. The molecule has 0 aliphatic heterocycles. The van der Waals surface area contributed by atoms with Crippen molar-refractivity contribution in [3.8, 4) is 23.0 Å². The van der Waals surface area contributed by atoms with Gasteiger partial charge in [-0.05, 0) is 38.1 Å². The fourth-order valence-electron chi connectivity index (χ4n) is 3.66. The van der Waals surface area contributed by atoms with Crippen molar-refractivity contribution in [3.63, 3.8) is 0 Å². The highest BCUT2D eigenvalue weighted by molar-refractivity contribution is 7.54. The highest BCUT2D eigenvalue weighted by Crippen LogP contribution is 2.52. The molecule has 2 heterocycles.